The summed E-state index contributed by atoms with van der Waals surface area (Å²) in [6.45, 7) is 5.66. The molecule has 6 heteroatoms. The molecule has 0 spiro atoms. The number of carbonyl (C=O) groups is 2. The number of imide groups is 1. The first-order chi connectivity index (χ1) is 7.47. The van der Waals surface area contributed by atoms with E-state index in [1.165, 1.54) is 0 Å². The van der Waals surface area contributed by atoms with Crippen LogP contribution >= 0.6 is 0 Å². The van der Waals surface area contributed by atoms with Crippen LogP contribution in [0.4, 0.5) is 4.79 Å². The molecule has 16 heavy (non-hydrogen) atoms. The molecule has 0 saturated carbocycles. The normalized spacial score (nSPS) is 17.0. The number of hydrogen-bond donors (Lipinski definition) is 3. The van der Waals surface area contributed by atoms with Gasteiger partial charge in [-0.05, 0) is 5.92 Å². The lowest BCUT2D eigenvalue weighted by Crippen LogP contribution is -2.55. The second-order valence-electron chi connectivity index (χ2n) is 4.50. The molecule has 0 aromatic rings. The van der Waals surface area contributed by atoms with E-state index in [0.29, 0.717) is 25.6 Å². The lowest BCUT2D eigenvalue weighted by Gasteiger charge is -2.34. The summed E-state index contributed by atoms with van der Waals surface area (Å²) < 4.78 is 0. The highest BCUT2D eigenvalue weighted by atomic mass is 16.3. The van der Waals surface area contributed by atoms with Crippen molar-refractivity contribution in [2.75, 3.05) is 26.2 Å². The number of amides is 3. The van der Waals surface area contributed by atoms with Gasteiger partial charge in [-0.3, -0.25) is 15.0 Å². The van der Waals surface area contributed by atoms with Crippen LogP contribution in [0.25, 0.3) is 0 Å². The summed E-state index contributed by atoms with van der Waals surface area (Å²) in [6, 6.07) is -0.459. The molecule has 1 aliphatic heterocycles. The van der Waals surface area contributed by atoms with Gasteiger partial charge in [0, 0.05) is 19.6 Å². The highest BCUT2D eigenvalue weighted by molar-refractivity contribution is 5.95. The smallest absolute Gasteiger partial charge is 0.321 e. The maximum atomic E-state index is 11.3. The minimum absolute atomic E-state index is 0.159. The summed E-state index contributed by atoms with van der Waals surface area (Å²) in [5.74, 6) is 0.0135. The molecular weight excluding hydrogens is 210 g/mol. The van der Waals surface area contributed by atoms with Crippen molar-refractivity contribution < 1.29 is 14.7 Å². The molecule has 0 bridgehead atoms. The fourth-order valence-corrected chi connectivity index (χ4v) is 1.38. The molecule has 1 saturated heterocycles. The molecule has 0 aromatic heterocycles. The number of hydrogen-bond acceptors (Lipinski definition) is 4. The Balaban J connectivity index is 2.11. The van der Waals surface area contributed by atoms with Crippen molar-refractivity contribution in [2.24, 2.45) is 5.92 Å². The Kier molecular flexibility index (Phi) is 4.70. The minimum atomic E-state index is -0.459. The van der Waals surface area contributed by atoms with Crippen LogP contribution in [-0.2, 0) is 4.79 Å². The zero-order chi connectivity index (χ0) is 12.1. The third kappa shape index (κ3) is 4.59. The number of nitrogens with zero attached hydrogens (tertiary/aromatic N) is 1. The van der Waals surface area contributed by atoms with Gasteiger partial charge < -0.3 is 10.4 Å². The lowest BCUT2D eigenvalue weighted by atomic mass is 10.2. The van der Waals surface area contributed by atoms with Crippen LogP contribution in [0.3, 0.4) is 0 Å². The van der Waals surface area contributed by atoms with Crippen molar-refractivity contribution in [1.29, 1.82) is 0 Å². The van der Waals surface area contributed by atoms with Crippen molar-refractivity contribution >= 4 is 11.9 Å². The molecule has 0 aromatic carbocycles. The van der Waals surface area contributed by atoms with Gasteiger partial charge in [0.25, 0.3) is 0 Å². The molecular formula is C10H19N3O3. The Labute approximate surface area is 95.0 Å². The average Bonchev–Trinajstić information content (AvgIpc) is 2.12. The quantitative estimate of drug-likeness (QED) is 0.586. The summed E-state index contributed by atoms with van der Waals surface area (Å²) in [5, 5.41) is 13.8. The van der Waals surface area contributed by atoms with Crippen molar-refractivity contribution in [3.63, 3.8) is 0 Å². The van der Waals surface area contributed by atoms with Crippen molar-refractivity contribution in [1.82, 2.24) is 15.5 Å². The molecule has 1 rings (SSSR count). The largest absolute Gasteiger partial charge is 0.390 e. The van der Waals surface area contributed by atoms with Crippen LogP contribution in [0, 0.1) is 5.92 Å². The van der Waals surface area contributed by atoms with Crippen LogP contribution in [-0.4, -0.2) is 54.2 Å². The first kappa shape index (κ1) is 12.9. The second-order valence-corrected chi connectivity index (χ2v) is 4.50. The summed E-state index contributed by atoms with van der Waals surface area (Å²) in [6.07, 6.45) is -0.331. The van der Waals surface area contributed by atoms with E-state index >= 15 is 0 Å². The second kappa shape index (κ2) is 5.81. The molecule has 3 N–H and O–H groups in total. The number of carbonyl (C=O) groups excluding carboxylic acids is 2. The Morgan fingerprint density at radius 3 is 2.56 bits per heavy atom. The number of likely N-dealkylation sites (tertiary alicyclic amines) is 1. The zero-order valence-electron chi connectivity index (χ0n) is 9.69. The number of urea groups is 1. The van der Waals surface area contributed by atoms with Gasteiger partial charge in [0.2, 0.25) is 5.91 Å². The molecule has 1 fully saturated rings. The highest BCUT2D eigenvalue weighted by Gasteiger charge is 2.26. The molecule has 92 valence electrons. The fourth-order valence-electron chi connectivity index (χ4n) is 1.38. The summed E-state index contributed by atoms with van der Waals surface area (Å²) in [7, 11) is 0. The number of aliphatic hydroxyl groups is 1. The van der Waals surface area contributed by atoms with Gasteiger partial charge >= 0.3 is 6.03 Å². The van der Waals surface area contributed by atoms with E-state index in [9.17, 15) is 9.59 Å². The van der Waals surface area contributed by atoms with E-state index < -0.39 is 6.03 Å². The molecule has 0 radical (unpaired) electrons. The van der Waals surface area contributed by atoms with Gasteiger partial charge in [0.15, 0.2) is 0 Å². The van der Waals surface area contributed by atoms with Gasteiger partial charge in [-0.1, -0.05) is 13.8 Å². The van der Waals surface area contributed by atoms with E-state index in [-0.39, 0.29) is 18.6 Å². The molecule has 0 unspecified atom stereocenters. The number of rotatable bonds is 4. The summed E-state index contributed by atoms with van der Waals surface area (Å²) in [5.41, 5.74) is 0. The standard InChI is InChI=1S/C10H19N3O3/c1-7(2)3-11-10(16)12-9(15)6-13-4-8(14)5-13/h7-8,14H,3-6H2,1-2H3,(H2,11,12,15,16). The number of aliphatic hydroxyl groups excluding tert-OH is 1. The Bertz CT molecular complexity index is 262. The van der Waals surface area contributed by atoms with Crippen LogP contribution in [0.15, 0.2) is 0 Å². The Morgan fingerprint density at radius 2 is 2.06 bits per heavy atom. The fraction of sp³-hybridized carbons (Fsp3) is 0.800. The van der Waals surface area contributed by atoms with Crippen molar-refractivity contribution in [3.05, 3.63) is 0 Å². The van der Waals surface area contributed by atoms with E-state index in [1.54, 1.807) is 4.90 Å². The highest BCUT2D eigenvalue weighted by Crippen LogP contribution is 2.05. The van der Waals surface area contributed by atoms with Crippen LogP contribution in [0.1, 0.15) is 13.8 Å². The first-order valence-electron chi connectivity index (χ1n) is 5.45. The van der Waals surface area contributed by atoms with Crippen LogP contribution < -0.4 is 10.6 Å². The van der Waals surface area contributed by atoms with Crippen molar-refractivity contribution in [3.8, 4) is 0 Å². The van der Waals surface area contributed by atoms with Crippen molar-refractivity contribution in [2.45, 2.75) is 20.0 Å². The van der Waals surface area contributed by atoms with Crippen LogP contribution in [0.5, 0.6) is 0 Å². The molecule has 6 nitrogen and oxygen atoms in total. The van der Waals surface area contributed by atoms with Gasteiger partial charge in [0.1, 0.15) is 0 Å². The average molecular weight is 229 g/mol. The molecule has 1 aliphatic rings. The zero-order valence-corrected chi connectivity index (χ0v) is 9.69. The Hall–Kier alpha value is -1.14. The topological polar surface area (TPSA) is 81.7 Å². The summed E-state index contributed by atoms with van der Waals surface area (Å²) in [4.78, 5) is 24.3. The SMILES string of the molecule is CC(C)CNC(=O)NC(=O)CN1CC(O)C1. The molecule has 0 atom stereocenters. The van der Waals surface area contributed by atoms with Gasteiger partial charge in [-0.2, -0.15) is 0 Å². The predicted molar refractivity (Wildman–Crippen MR) is 58.8 cm³/mol. The van der Waals surface area contributed by atoms with Gasteiger partial charge in [0.05, 0.1) is 12.6 Å². The van der Waals surface area contributed by atoms with E-state index in [0.717, 1.165) is 0 Å². The Morgan fingerprint density at radius 1 is 1.44 bits per heavy atom. The third-order valence-corrected chi connectivity index (χ3v) is 2.23. The predicted octanol–water partition coefficient (Wildman–Crippen LogP) is -0.855. The minimum Gasteiger partial charge on any atom is -0.390 e. The maximum Gasteiger partial charge on any atom is 0.321 e. The monoisotopic (exact) mass is 229 g/mol. The summed E-state index contributed by atoms with van der Waals surface area (Å²) >= 11 is 0. The van der Waals surface area contributed by atoms with Crippen LogP contribution in [0.2, 0.25) is 0 Å². The number of β-amino-alcohol motifs (C(OH)–C–C–N with tert-alkyl or cyclic N) is 1. The molecule has 1 heterocycles. The van der Waals surface area contributed by atoms with Gasteiger partial charge in [-0.15, -0.1) is 0 Å². The van der Waals surface area contributed by atoms with E-state index in [2.05, 4.69) is 10.6 Å². The third-order valence-electron chi connectivity index (χ3n) is 2.23. The van der Waals surface area contributed by atoms with E-state index in [1.807, 2.05) is 13.8 Å². The lowest BCUT2D eigenvalue weighted by molar-refractivity contribution is -0.123. The maximum absolute atomic E-state index is 11.3. The molecule has 0 aliphatic carbocycles. The molecule has 3 amide bonds. The van der Waals surface area contributed by atoms with Gasteiger partial charge in [-0.25, -0.2) is 4.79 Å². The first-order valence-corrected chi connectivity index (χ1v) is 5.45. The van der Waals surface area contributed by atoms with E-state index in [4.69, 9.17) is 5.11 Å². The number of nitrogens with one attached hydrogen (secondary N) is 2.